The lowest BCUT2D eigenvalue weighted by atomic mass is 9.78. The number of benzene rings is 3. The summed E-state index contributed by atoms with van der Waals surface area (Å²) in [7, 11) is 0. The van der Waals surface area contributed by atoms with E-state index < -0.39 is 5.54 Å². The fourth-order valence-electron chi connectivity index (χ4n) is 5.70. The fourth-order valence-corrected chi connectivity index (χ4v) is 5.70. The molecule has 1 N–H and O–H groups in total. The quantitative estimate of drug-likeness (QED) is 0.393. The van der Waals surface area contributed by atoms with E-state index in [0.29, 0.717) is 32.5 Å². The lowest BCUT2D eigenvalue weighted by Gasteiger charge is -2.50. The third-order valence-electron chi connectivity index (χ3n) is 8.12. The molecule has 0 bridgehead atoms. The van der Waals surface area contributed by atoms with E-state index in [4.69, 9.17) is 0 Å². The number of hydrogen-bond donors (Lipinski definition) is 1. The topological polar surface area (TPSA) is 60.9 Å². The Morgan fingerprint density at radius 3 is 1.55 bits per heavy atom. The van der Waals surface area contributed by atoms with Crippen molar-refractivity contribution in [1.82, 2.24) is 9.80 Å². The summed E-state index contributed by atoms with van der Waals surface area (Å²) in [6.45, 7) is 16.1. The van der Waals surface area contributed by atoms with E-state index >= 15 is 0 Å². The first-order valence-corrected chi connectivity index (χ1v) is 14.2. The van der Waals surface area contributed by atoms with Crippen molar-refractivity contribution in [3.05, 3.63) is 101 Å². The first-order valence-electron chi connectivity index (χ1n) is 14.2. The third kappa shape index (κ3) is 6.41. The maximum absolute atomic E-state index is 14.6. The zero-order valence-corrected chi connectivity index (χ0v) is 25.1. The van der Waals surface area contributed by atoms with Gasteiger partial charge in [0.25, 0.3) is 0 Å². The van der Waals surface area contributed by atoms with Crippen molar-refractivity contribution in [2.24, 2.45) is 0 Å². The highest BCUT2D eigenvalue weighted by molar-refractivity contribution is 5.93. The molecule has 212 valence electrons. The van der Waals surface area contributed by atoms with E-state index in [9.17, 15) is 14.7 Å². The van der Waals surface area contributed by atoms with Gasteiger partial charge in [-0.15, -0.1) is 0 Å². The van der Waals surface area contributed by atoms with Crippen molar-refractivity contribution in [1.29, 1.82) is 0 Å². The van der Waals surface area contributed by atoms with E-state index in [-0.39, 0.29) is 28.4 Å². The van der Waals surface area contributed by atoms with Crippen molar-refractivity contribution < 1.29 is 14.7 Å². The van der Waals surface area contributed by atoms with Gasteiger partial charge < -0.3 is 14.9 Å². The van der Waals surface area contributed by atoms with Crippen LogP contribution in [0.5, 0.6) is 5.75 Å². The predicted molar refractivity (Wildman–Crippen MR) is 161 cm³/mol. The van der Waals surface area contributed by atoms with Crippen LogP contribution in [0, 0.1) is 0 Å². The molecule has 0 radical (unpaired) electrons. The molecular formula is C35H44N2O3. The Morgan fingerprint density at radius 1 is 0.725 bits per heavy atom. The Labute approximate surface area is 239 Å². The normalized spacial score (nSPS) is 15.8. The molecule has 5 heteroatoms. The zero-order valence-electron chi connectivity index (χ0n) is 25.1. The van der Waals surface area contributed by atoms with Crippen LogP contribution in [0.1, 0.15) is 76.3 Å². The summed E-state index contributed by atoms with van der Waals surface area (Å²) in [5, 5.41) is 9.74. The highest BCUT2D eigenvalue weighted by Gasteiger charge is 2.50. The van der Waals surface area contributed by atoms with Gasteiger partial charge in [0.2, 0.25) is 11.8 Å². The second-order valence-electron chi connectivity index (χ2n) is 13.3. The molecule has 4 rings (SSSR count). The largest absolute Gasteiger partial charge is 0.508 e. The van der Waals surface area contributed by atoms with Crippen molar-refractivity contribution >= 4 is 11.8 Å². The summed E-state index contributed by atoms with van der Waals surface area (Å²) >= 11 is 0. The van der Waals surface area contributed by atoms with Crippen LogP contribution in [0.2, 0.25) is 0 Å². The molecule has 2 amide bonds. The molecule has 0 spiro atoms. The van der Waals surface area contributed by atoms with Gasteiger partial charge in [-0.2, -0.15) is 0 Å². The lowest BCUT2D eigenvalue weighted by molar-refractivity contribution is -0.161. The van der Waals surface area contributed by atoms with Gasteiger partial charge in [0, 0.05) is 39.4 Å². The summed E-state index contributed by atoms with van der Waals surface area (Å²) in [5.74, 6) is 0.0697. The molecule has 0 aromatic heterocycles. The van der Waals surface area contributed by atoms with Crippen LogP contribution >= 0.6 is 0 Å². The highest BCUT2D eigenvalue weighted by Crippen LogP contribution is 2.34. The number of carbonyl (C=O) groups excluding carboxylic acids is 2. The van der Waals surface area contributed by atoms with Crippen LogP contribution in [0.3, 0.4) is 0 Å². The molecule has 5 nitrogen and oxygen atoms in total. The van der Waals surface area contributed by atoms with Crippen LogP contribution in [0.4, 0.5) is 0 Å². The number of nitrogens with zero attached hydrogens (tertiary/aromatic N) is 2. The maximum atomic E-state index is 14.6. The predicted octanol–water partition coefficient (Wildman–Crippen LogP) is 6.40. The second-order valence-corrected chi connectivity index (χ2v) is 13.3. The minimum atomic E-state index is -1.05. The Balaban J connectivity index is 1.77. The van der Waals surface area contributed by atoms with Gasteiger partial charge in [-0.3, -0.25) is 9.59 Å². The molecule has 0 aliphatic carbocycles. The highest BCUT2D eigenvalue weighted by atomic mass is 16.3. The number of amides is 2. The first-order chi connectivity index (χ1) is 18.7. The smallest absolute Gasteiger partial charge is 0.249 e. The van der Waals surface area contributed by atoms with E-state index in [2.05, 4.69) is 90.1 Å². The minimum absolute atomic E-state index is 0.0258. The van der Waals surface area contributed by atoms with Gasteiger partial charge in [-0.1, -0.05) is 102 Å². The van der Waals surface area contributed by atoms with Crippen molar-refractivity contribution in [3.63, 3.8) is 0 Å². The van der Waals surface area contributed by atoms with Gasteiger partial charge in [-0.25, -0.2) is 0 Å². The van der Waals surface area contributed by atoms with Crippen molar-refractivity contribution in [3.8, 4) is 5.75 Å². The van der Waals surface area contributed by atoms with Crippen LogP contribution in [0.25, 0.3) is 0 Å². The van der Waals surface area contributed by atoms with E-state index in [0.717, 1.165) is 16.7 Å². The molecule has 40 heavy (non-hydrogen) atoms. The van der Waals surface area contributed by atoms with Gasteiger partial charge in [0.05, 0.1) is 0 Å². The molecule has 1 aliphatic heterocycles. The van der Waals surface area contributed by atoms with Crippen LogP contribution < -0.4 is 0 Å². The number of piperazine rings is 1. The molecule has 0 atom stereocenters. The molecule has 1 fully saturated rings. The molecule has 3 aromatic rings. The second kappa shape index (κ2) is 11.1. The monoisotopic (exact) mass is 540 g/mol. The number of carbonyl (C=O) groups is 2. The Morgan fingerprint density at radius 2 is 1.15 bits per heavy atom. The first kappa shape index (κ1) is 29.4. The molecule has 1 heterocycles. The summed E-state index contributed by atoms with van der Waals surface area (Å²) in [6, 6.07) is 24.0. The van der Waals surface area contributed by atoms with E-state index in [1.807, 2.05) is 17.0 Å². The summed E-state index contributed by atoms with van der Waals surface area (Å²) in [4.78, 5) is 31.4. The minimum Gasteiger partial charge on any atom is -0.508 e. The average Bonchev–Trinajstić information content (AvgIpc) is 2.87. The van der Waals surface area contributed by atoms with Crippen LogP contribution in [-0.4, -0.2) is 45.3 Å². The number of rotatable bonds is 6. The number of hydrogen-bond acceptors (Lipinski definition) is 3. The zero-order chi connectivity index (χ0) is 29.3. The Kier molecular flexibility index (Phi) is 8.16. The van der Waals surface area contributed by atoms with Crippen molar-refractivity contribution in [2.45, 2.75) is 84.2 Å². The Hall–Kier alpha value is -3.60. The van der Waals surface area contributed by atoms with Gasteiger partial charge in [0.1, 0.15) is 11.3 Å². The standard InChI is InChI=1S/C35H44N2O3/c1-25(38)37-21-20-36(24-28-12-18-31(39)19-13-28)32(40)35(37,22-26-8-14-29(15-9-26)33(2,3)4)23-27-10-16-30(17-11-27)34(5,6)7/h8-19,39H,20-24H2,1-7H3. The number of phenols is 1. The Bertz CT molecular complexity index is 1270. The van der Waals surface area contributed by atoms with Gasteiger partial charge >= 0.3 is 0 Å². The number of phenolic OH excluding ortho intramolecular Hbond substituents is 1. The fraction of sp³-hybridized carbons (Fsp3) is 0.429. The van der Waals surface area contributed by atoms with Gasteiger partial charge in [-0.05, 0) is 50.8 Å². The summed E-state index contributed by atoms with van der Waals surface area (Å²) in [6.07, 6.45) is 0.867. The molecule has 0 saturated carbocycles. The summed E-state index contributed by atoms with van der Waals surface area (Å²) < 4.78 is 0. The number of aromatic hydroxyl groups is 1. The third-order valence-corrected chi connectivity index (χ3v) is 8.12. The molecule has 0 unspecified atom stereocenters. The molecule has 3 aromatic carbocycles. The van der Waals surface area contributed by atoms with Crippen LogP contribution in [-0.2, 0) is 39.8 Å². The SMILES string of the molecule is CC(=O)N1CCN(Cc2ccc(O)cc2)C(=O)C1(Cc1ccc(C(C)(C)C)cc1)Cc1ccc(C(C)(C)C)cc1. The van der Waals surface area contributed by atoms with E-state index in [1.54, 1.807) is 24.0 Å². The average molecular weight is 541 g/mol. The van der Waals surface area contributed by atoms with Crippen LogP contribution in [0.15, 0.2) is 72.8 Å². The molecular weight excluding hydrogens is 496 g/mol. The van der Waals surface area contributed by atoms with Crippen molar-refractivity contribution in [2.75, 3.05) is 13.1 Å². The van der Waals surface area contributed by atoms with E-state index in [1.165, 1.54) is 11.1 Å². The molecule has 1 saturated heterocycles. The van der Waals surface area contributed by atoms with Gasteiger partial charge in [0.15, 0.2) is 0 Å². The summed E-state index contributed by atoms with van der Waals surface area (Å²) in [5.41, 5.74) is 4.48. The maximum Gasteiger partial charge on any atom is 0.249 e. The lowest BCUT2D eigenvalue weighted by Crippen LogP contribution is -2.68. The molecule has 1 aliphatic rings.